The van der Waals surface area contributed by atoms with Gasteiger partial charge in [-0.2, -0.15) is 10.2 Å². The van der Waals surface area contributed by atoms with Gasteiger partial charge in [-0.1, -0.05) is 32.0 Å². The Morgan fingerprint density at radius 2 is 1.81 bits per heavy atom. The highest BCUT2D eigenvalue weighted by Gasteiger charge is 2.19. The summed E-state index contributed by atoms with van der Waals surface area (Å²) in [6, 6.07) is 8.86. The highest BCUT2D eigenvalue weighted by atomic mass is 15.1. The van der Waals surface area contributed by atoms with Crippen LogP contribution in [0.15, 0.2) is 24.3 Å². The molecular weight excluding hydrogens is 258 g/mol. The molecule has 1 aromatic carbocycles. The first-order valence-corrected chi connectivity index (χ1v) is 7.71. The van der Waals surface area contributed by atoms with Crippen LogP contribution in [0.3, 0.4) is 0 Å². The van der Waals surface area contributed by atoms with E-state index in [1.54, 1.807) is 0 Å². The number of hydrogen-bond acceptors (Lipinski definition) is 3. The first kappa shape index (κ1) is 15.6. The van der Waals surface area contributed by atoms with E-state index in [1.165, 1.54) is 22.3 Å². The Bertz CT molecular complexity index is 620. The lowest BCUT2D eigenvalue weighted by Crippen LogP contribution is -2.25. The van der Waals surface area contributed by atoms with E-state index in [1.807, 2.05) is 6.92 Å². The summed E-state index contributed by atoms with van der Waals surface area (Å²) in [4.78, 5) is 0. The van der Waals surface area contributed by atoms with Crippen LogP contribution in [-0.4, -0.2) is 16.7 Å². The van der Waals surface area contributed by atoms with E-state index < -0.39 is 0 Å². The van der Waals surface area contributed by atoms with Gasteiger partial charge in [0.05, 0.1) is 17.4 Å². The van der Waals surface area contributed by atoms with E-state index in [0.29, 0.717) is 0 Å². The van der Waals surface area contributed by atoms with E-state index in [4.69, 9.17) is 0 Å². The van der Waals surface area contributed by atoms with Crippen LogP contribution in [0.25, 0.3) is 0 Å². The Labute approximate surface area is 127 Å². The minimum atomic E-state index is 0.180. The molecule has 0 aliphatic heterocycles. The van der Waals surface area contributed by atoms with Crippen molar-refractivity contribution in [3.05, 3.63) is 57.9 Å². The Morgan fingerprint density at radius 1 is 1.05 bits per heavy atom. The predicted octanol–water partition coefficient (Wildman–Crippen LogP) is 3.66. The fourth-order valence-corrected chi connectivity index (χ4v) is 2.74. The molecule has 0 aliphatic rings. The first-order valence-electron chi connectivity index (χ1n) is 7.71. The third kappa shape index (κ3) is 3.30. The summed E-state index contributed by atoms with van der Waals surface area (Å²) in [5.41, 5.74) is 7.30. The molecule has 0 saturated carbocycles. The molecule has 0 amide bonds. The summed E-state index contributed by atoms with van der Waals surface area (Å²) >= 11 is 0. The molecule has 3 nitrogen and oxygen atoms in total. The maximum absolute atomic E-state index is 4.39. The van der Waals surface area contributed by atoms with Gasteiger partial charge < -0.3 is 5.32 Å². The number of aromatic nitrogens is 2. The summed E-state index contributed by atoms with van der Waals surface area (Å²) in [6.45, 7) is 11.6. The van der Waals surface area contributed by atoms with E-state index in [-0.39, 0.29) is 6.04 Å². The Morgan fingerprint density at radius 3 is 2.48 bits per heavy atom. The van der Waals surface area contributed by atoms with E-state index in [2.05, 4.69) is 67.5 Å². The van der Waals surface area contributed by atoms with Crippen LogP contribution in [0, 0.1) is 20.8 Å². The van der Waals surface area contributed by atoms with Gasteiger partial charge in [-0.3, -0.25) is 0 Å². The van der Waals surface area contributed by atoms with Crippen molar-refractivity contribution in [3.8, 4) is 0 Å². The SMILES string of the molecule is CCNC(c1cc(C)nnc1CC)c1cccc(C)c1C. The zero-order chi connectivity index (χ0) is 15.4. The van der Waals surface area contributed by atoms with Gasteiger partial charge in [-0.15, -0.1) is 0 Å². The molecule has 0 spiro atoms. The maximum atomic E-state index is 4.39. The van der Waals surface area contributed by atoms with Gasteiger partial charge in [-0.25, -0.2) is 0 Å². The van der Waals surface area contributed by atoms with Crippen molar-refractivity contribution < 1.29 is 0 Å². The number of hydrogen-bond donors (Lipinski definition) is 1. The third-order valence-corrected chi connectivity index (χ3v) is 4.04. The van der Waals surface area contributed by atoms with Crippen molar-refractivity contribution in [3.63, 3.8) is 0 Å². The summed E-state index contributed by atoms with van der Waals surface area (Å²) in [7, 11) is 0. The Balaban J connectivity index is 2.58. The fraction of sp³-hybridized carbons (Fsp3) is 0.444. The van der Waals surface area contributed by atoms with E-state index in [9.17, 15) is 0 Å². The average molecular weight is 283 g/mol. The smallest absolute Gasteiger partial charge is 0.0679 e. The maximum Gasteiger partial charge on any atom is 0.0679 e. The molecule has 1 aromatic heterocycles. The number of benzene rings is 1. The summed E-state index contributed by atoms with van der Waals surface area (Å²) < 4.78 is 0. The van der Waals surface area contributed by atoms with Crippen LogP contribution in [-0.2, 0) is 6.42 Å². The predicted molar refractivity (Wildman–Crippen MR) is 87.6 cm³/mol. The van der Waals surface area contributed by atoms with Gasteiger partial charge in [0.1, 0.15) is 0 Å². The molecule has 21 heavy (non-hydrogen) atoms. The minimum absolute atomic E-state index is 0.180. The average Bonchev–Trinajstić information content (AvgIpc) is 2.48. The zero-order valence-corrected chi connectivity index (χ0v) is 13.7. The summed E-state index contributed by atoms with van der Waals surface area (Å²) in [5.74, 6) is 0. The normalized spacial score (nSPS) is 12.4. The lowest BCUT2D eigenvalue weighted by atomic mass is 9.91. The van der Waals surface area contributed by atoms with E-state index in [0.717, 1.165) is 24.4 Å². The van der Waals surface area contributed by atoms with Crippen LogP contribution in [0.2, 0.25) is 0 Å². The molecule has 0 aliphatic carbocycles. The topological polar surface area (TPSA) is 37.8 Å². The second kappa shape index (κ2) is 6.81. The van der Waals surface area contributed by atoms with Gasteiger partial charge in [0.15, 0.2) is 0 Å². The van der Waals surface area contributed by atoms with Gasteiger partial charge in [-0.05, 0) is 62.1 Å². The van der Waals surface area contributed by atoms with Crippen LogP contribution in [0.4, 0.5) is 0 Å². The number of nitrogens with one attached hydrogen (secondary N) is 1. The minimum Gasteiger partial charge on any atom is -0.306 e. The molecule has 2 rings (SSSR count). The van der Waals surface area contributed by atoms with Gasteiger partial charge >= 0.3 is 0 Å². The fourth-order valence-electron chi connectivity index (χ4n) is 2.74. The van der Waals surface area contributed by atoms with Crippen LogP contribution < -0.4 is 5.32 Å². The molecule has 0 bridgehead atoms. The van der Waals surface area contributed by atoms with Gasteiger partial charge in [0.2, 0.25) is 0 Å². The Hall–Kier alpha value is -1.74. The second-order valence-corrected chi connectivity index (χ2v) is 5.52. The first-order chi connectivity index (χ1) is 10.1. The molecule has 3 heteroatoms. The molecule has 112 valence electrons. The molecule has 2 aromatic rings. The zero-order valence-electron chi connectivity index (χ0n) is 13.7. The van der Waals surface area contributed by atoms with Crippen molar-refractivity contribution in [2.24, 2.45) is 0 Å². The molecule has 1 heterocycles. The molecule has 0 fully saturated rings. The number of rotatable bonds is 5. The molecule has 0 saturated heterocycles. The molecule has 0 radical (unpaired) electrons. The molecule has 1 atom stereocenters. The summed E-state index contributed by atoms with van der Waals surface area (Å²) in [6.07, 6.45) is 0.898. The van der Waals surface area contributed by atoms with E-state index >= 15 is 0 Å². The monoisotopic (exact) mass is 283 g/mol. The standard InChI is InChI=1S/C18H25N3/c1-6-17-16(11-13(4)20-21-17)18(19-7-2)15-10-8-9-12(3)14(15)5/h8-11,18-19H,6-7H2,1-5H3. The van der Waals surface area contributed by atoms with Crippen LogP contribution in [0.5, 0.6) is 0 Å². The quantitative estimate of drug-likeness (QED) is 0.910. The molecular formula is C18H25N3. The summed E-state index contributed by atoms with van der Waals surface area (Å²) in [5, 5.41) is 12.2. The van der Waals surface area contributed by atoms with Crippen molar-refractivity contribution in [1.29, 1.82) is 0 Å². The van der Waals surface area contributed by atoms with Crippen molar-refractivity contribution in [2.45, 2.75) is 47.1 Å². The van der Waals surface area contributed by atoms with Crippen molar-refractivity contribution in [2.75, 3.05) is 6.54 Å². The molecule has 1 unspecified atom stereocenters. The Kier molecular flexibility index (Phi) is 5.07. The second-order valence-electron chi connectivity index (χ2n) is 5.52. The third-order valence-electron chi connectivity index (χ3n) is 4.04. The van der Waals surface area contributed by atoms with Gasteiger partial charge in [0.25, 0.3) is 0 Å². The highest BCUT2D eigenvalue weighted by molar-refractivity contribution is 5.42. The van der Waals surface area contributed by atoms with Crippen molar-refractivity contribution >= 4 is 0 Å². The highest BCUT2D eigenvalue weighted by Crippen LogP contribution is 2.28. The van der Waals surface area contributed by atoms with Crippen molar-refractivity contribution in [1.82, 2.24) is 15.5 Å². The number of nitrogens with zero attached hydrogens (tertiary/aromatic N) is 2. The number of aryl methyl sites for hydroxylation is 3. The van der Waals surface area contributed by atoms with Crippen LogP contribution in [0.1, 0.15) is 53.5 Å². The molecule has 1 N–H and O–H groups in total. The lowest BCUT2D eigenvalue weighted by molar-refractivity contribution is 0.613. The largest absolute Gasteiger partial charge is 0.306 e. The van der Waals surface area contributed by atoms with Crippen LogP contribution >= 0.6 is 0 Å². The lowest BCUT2D eigenvalue weighted by Gasteiger charge is -2.23. The van der Waals surface area contributed by atoms with Gasteiger partial charge in [0, 0.05) is 0 Å².